The number of H-pyrrole nitrogens is 1. The van der Waals surface area contributed by atoms with Crippen molar-refractivity contribution in [3.8, 4) is 5.75 Å². The molecule has 2 aromatic rings. The van der Waals surface area contributed by atoms with E-state index in [2.05, 4.69) is 10.3 Å². The van der Waals surface area contributed by atoms with Crippen molar-refractivity contribution in [3.05, 3.63) is 30.0 Å². The Labute approximate surface area is 218 Å². The fourth-order valence-corrected chi connectivity index (χ4v) is 4.12. The number of aromatic nitrogens is 1. The van der Waals surface area contributed by atoms with E-state index >= 15 is 0 Å². The molecule has 5 atom stereocenters. The van der Waals surface area contributed by atoms with Gasteiger partial charge in [0.2, 0.25) is 18.3 Å². The number of carbonyl (C=O) groups is 5. The molecule has 0 unspecified atom stereocenters. The number of fused-ring (bicyclic) bond motifs is 1. The average molecular weight is 535 g/mol. The molecule has 0 saturated carbocycles. The van der Waals surface area contributed by atoms with E-state index in [1.54, 1.807) is 18.2 Å². The van der Waals surface area contributed by atoms with Crippen molar-refractivity contribution in [3.63, 3.8) is 0 Å². The Morgan fingerprint density at radius 1 is 0.921 bits per heavy atom. The van der Waals surface area contributed by atoms with Crippen molar-refractivity contribution in [1.82, 2.24) is 10.3 Å². The van der Waals surface area contributed by atoms with Crippen molar-refractivity contribution < 1.29 is 52.4 Å². The first-order valence-corrected chi connectivity index (χ1v) is 11.8. The van der Waals surface area contributed by atoms with Crippen molar-refractivity contribution in [2.75, 3.05) is 13.7 Å². The van der Waals surface area contributed by atoms with E-state index in [0.29, 0.717) is 13.0 Å². The van der Waals surface area contributed by atoms with Gasteiger partial charge in [0.05, 0.1) is 7.11 Å². The van der Waals surface area contributed by atoms with E-state index in [9.17, 15) is 24.0 Å². The molecule has 2 N–H and O–H groups in total. The Kier molecular flexibility index (Phi) is 9.29. The van der Waals surface area contributed by atoms with Gasteiger partial charge in [-0.05, 0) is 30.2 Å². The molecule has 0 radical (unpaired) electrons. The van der Waals surface area contributed by atoms with Crippen LogP contribution in [0.25, 0.3) is 10.9 Å². The van der Waals surface area contributed by atoms with Crippen LogP contribution in [0.5, 0.6) is 5.75 Å². The van der Waals surface area contributed by atoms with Crippen molar-refractivity contribution >= 4 is 40.7 Å². The van der Waals surface area contributed by atoms with Gasteiger partial charge in [0.25, 0.3) is 0 Å². The van der Waals surface area contributed by atoms with E-state index < -0.39 is 54.6 Å². The molecule has 3 rings (SSSR count). The zero-order valence-electron chi connectivity index (χ0n) is 21.6. The maximum atomic E-state index is 12.6. The summed E-state index contributed by atoms with van der Waals surface area (Å²) in [6.07, 6.45) is -5.02. The molecule has 1 aromatic carbocycles. The molecular formula is C25H30N2O11. The van der Waals surface area contributed by atoms with Crippen LogP contribution in [0.2, 0.25) is 0 Å². The van der Waals surface area contributed by atoms with Gasteiger partial charge in [-0.15, -0.1) is 0 Å². The molecule has 38 heavy (non-hydrogen) atoms. The summed E-state index contributed by atoms with van der Waals surface area (Å²) in [7, 11) is 1.10. The third-order valence-corrected chi connectivity index (χ3v) is 5.59. The maximum absolute atomic E-state index is 12.6. The lowest BCUT2D eigenvalue weighted by Gasteiger charge is -2.43. The minimum Gasteiger partial charge on any atom is -0.467 e. The first kappa shape index (κ1) is 28.4. The summed E-state index contributed by atoms with van der Waals surface area (Å²) in [5.41, 5.74) is 1.71. The van der Waals surface area contributed by atoms with E-state index in [-0.39, 0.29) is 11.7 Å². The number of aromatic amines is 1. The molecule has 1 saturated heterocycles. The summed E-state index contributed by atoms with van der Waals surface area (Å²) in [6, 6.07) is 5.07. The van der Waals surface area contributed by atoms with Crippen LogP contribution in [0, 0.1) is 0 Å². The average Bonchev–Trinajstić information content (AvgIpc) is 3.23. The minimum atomic E-state index is -1.56. The predicted octanol–water partition coefficient (Wildman–Crippen LogP) is 0.918. The number of amides is 1. The van der Waals surface area contributed by atoms with Gasteiger partial charge in [-0.1, -0.05) is 0 Å². The van der Waals surface area contributed by atoms with Gasteiger partial charge in [-0.25, -0.2) is 4.79 Å². The summed E-state index contributed by atoms with van der Waals surface area (Å²) in [6.45, 7) is 5.19. The molecule has 1 aliphatic rings. The highest BCUT2D eigenvalue weighted by molar-refractivity contribution is 5.85. The molecule has 1 aliphatic heterocycles. The van der Waals surface area contributed by atoms with Gasteiger partial charge >= 0.3 is 23.9 Å². The highest BCUT2D eigenvalue weighted by Crippen LogP contribution is 2.32. The molecule has 0 bridgehead atoms. The predicted molar refractivity (Wildman–Crippen MR) is 129 cm³/mol. The first-order valence-electron chi connectivity index (χ1n) is 11.8. The number of benzene rings is 1. The van der Waals surface area contributed by atoms with Gasteiger partial charge in [0, 0.05) is 51.3 Å². The van der Waals surface area contributed by atoms with Crippen molar-refractivity contribution in [2.45, 2.75) is 64.8 Å². The molecule has 1 aromatic heterocycles. The molecule has 206 valence electrons. The lowest BCUT2D eigenvalue weighted by molar-refractivity contribution is -0.282. The van der Waals surface area contributed by atoms with Gasteiger partial charge in [-0.2, -0.15) is 0 Å². The highest BCUT2D eigenvalue weighted by atomic mass is 16.7. The van der Waals surface area contributed by atoms with E-state index in [0.717, 1.165) is 44.3 Å². The maximum Gasteiger partial charge on any atom is 0.339 e. The van der Waals surface area contributed by atoms with Crippen LogP contribution < -0.4 is 10.1 Å². The Morgan fingerprint density at radius 2 is 1.55 bits per heavy atom. The number of ether oxygens (including phenoxy) is 6. The summed E-state index contributed by atoms with van der Waals surface area (Å²) in [5, 5.41) is 3.54. The SMILES string of the molecule is COC(=O)[C@H]1O[C@@H](Oc2ccc3[nH]cc(CCNC(C)=O)c3c2)[C@H](OC(C)=O)[C@@H](OC(C)=O)[C@@H]1OC(C)=O. The Hall–Kier alpha value is -4.13. The number of hydrogen-bond donors (Lipinski definition) is 2. The van der Waals surface area contributed by atoms with E-state index in [4.69, 9.17) is 28.4 Å². The zero-order valence-corrected chi connectivity index (χ0v) is 21.6. The van der Waals surface area contributed by atoms with Crippen LogP contribution in [0.1, 0.15) is 33.3 Å². The lowest BCUT2D eigenvalue weighted by atomic mass is 9.97. The van der Waals surface area contributed by atoms with Crippen LogP contribution in [0.4, 0.5) is 0 Å². The third kappa shape index (κ3) is 7.00. The van der Waals surface area contributed by atoms with E-state index in [1.165, 1.54) is 6.92 Å². The normalized spacial score (nSPS) is 22.7. The number of methoxy groups -OCH3 is 1. The van der Waals surface area contributed by atoms with Gasteiger partial charge < -0.3 is 38.7 Å². The van der Waals surface area contributed by atoms with Crippen LogP contribution in [0.3, 0.4) is 0 Å². The molecule has 2 heterocycles. The Bertz CT molecular complexity index is 1210. The highest BCUT2D eigenvalue weighted by Gasteiger charge is 2.55. The summed E-state index contributed by atoms with van der Waals surface area (Å²) < 4.78 is 32.6. The zero-order chi connectivity index (χ0) is 28.0. The fraction of sp³-hybridized carbons (Fsp3) is 0.480. The largest absolute Gasteiger partial charge is 0.467 e. The first-order chi connectivity index (χ1) is 18.0. The quantitative estimate of drug-likeness (QED) is 0.346. The number of hydrogen-bond acceptors (Lipinski definition) is 11. The van der Waals surface area contributed by atoms with Gasteiger partial charge in [0.1, 0.15) is 5.75 Å². The number of esters is 4. The molecule has 13 heteroatoms. The Balaban J connectivity index is 1.97. The van der Waals surface area contributed by atoms with Gasteiger partial charge in [-0.3, -0.25) is 19.2 Å². The standard InChI is InChI=1S/C25H30N2O11/c1-12(28)26-9-8-16-11-27-19-7-6-17(10-18(16)19)37-25-23(36-15(4)31)21(35-14(3)30)20(34-13(2)29)22(38-25)24(32)33-5/h6-7,10-11,20-23,25,27H,8-9H2,1-5H3,(H,26,28)/t20-,21-,22-,23+,25+/m0/s1. The molecule has 1 amide bonds. The molecule has 1 fully saturated rings. The molecule has 13 nitrogen and oxygen atoms in total. The summed E-state index contributed by atoms with van der Waals surface area (Å²) in [5.74, 6) is -3.14. The number of rotatable bonds is 9. The van der Waals surface area contributed by atoms with Crippen molar-refractivity contribution in [1.29, 1.82) is 0 Å². The smallest absolute Gasteiger partial charge is 0.339 e. The number of carbonyl (C=O) groups excluding carboxylic acids is 5. The minimum absolute atomic E-state index is 0.144. The van der Waals surface area contributed by atoms with Crippen LogP contribution in [-0.4, -0.2) is 79.1 Å². The summed E-state index contributed by atoms with van der Waals surface area (Å²) in [4.78, 5) is 62.6. The van der Waals surface area contributed by atoms with Crippen molar-refractivity contribution in [2.24, 2.45) is 0 Å². The second-order valence-corrected chi connectivity index (χ2v) is 8.54. The monoisotopic (exact) mass is 534 g/mol. The molecule has 0 aliphatic carbocycles. The van der Waals surface area contributed by atoms with Gasteiger partial charge in [0.15, 0.2) is 18.3 Å². The fourth-order valence-electron chi connectivity index (χ4n) is 4.12. The van der Waals surface area contributed by atoms with Crippen LogP contribution in [-0.2, 0) is 54.1 Å². The third-order valence-electron chi connectivity index (χ3n) is 5.59. The van der Waals surface area contributed by atoms with Crippen LogP contribution in [0.15, 0.2) is 24.4 Å². The topological polar surface area (TPSA) is 169 Å². The van der Waals surface area contributed by atoms with Crippen LogP contribution >= 0.6 is 0 Å². The van der Waals surface area contributed by atoms with E-state index in [1.807, 2.05) is 6.20 Å². The number of nitrogens with one attached hydrogen (secondary N) is 2. The lowest BCUT2D eigenvalue weighted by Crippen LogP contribution is -2.64. The molecular weight excluding hydrogens is 504 g/mol. The summed E-state index contributed by atoms with van der Waals surface area (Å²) >= 11 is 0. The second-order valence-electron chi connectivity index (χ2n) is 8.54. The Morgan fingerprint density at radius 3 is 2.16 bits per heavy atom. The molecule has 0 spiro atoms. The second kappa shape index (κ2) is 12.4.